The number of nitrogens with one attached hydrogen (secondary N) is 1. The summed E-state index contributed by atoms with van der Waals surface area (Å²) in [4.78, 5) is 7.11. The standard InChI is InChI=1S/C45H52F5N3OSi/c1-30-23-37-36-19-12-13-20-40(36)51-42(37)43(41-38(47)24-32(25-39(41)48)31(2)33-26-52(27-33)22-14-21-46)53(30)28-45(49,50)29-54-55(44(3,4)5,34-15-8-6-9-16-34)35-17-10-7-11-18-35/h6-13,15-20,24-25,30-31,33,43,51H,14,21-23,26-29H2,1-5H3/t30-,31?,43-/m1/s1. The zero-order chi connectivity index (χ0) is 39.1. The Bertz CT molecular complexity index is 2020. The Morgan fingerprint density at radius 1 is 0.873 bits per heavy atom. The van der Waals surface area contributed by atoms with Crippen molar-refractivity contribution in [2.45, 2.75) is 76.4 Å². The molecule has 2 aliphatic heterocycles. The lowest BCUT2D eigenvalue weighted by Crippen LogP contribution is -2.67. The number of nitrogens with zero attached hydrogens (tertiary/aromatic N) is 2. The second-order valence-corrected chi connectivity index (χ2v) is 21.1. The first-order valence-electron chi connectivity index (χ1n) is 19.5. The largest absolute Gasteiger partial charge is 0.401 e. The molecule has 0 amide bonds. The number of aromatic nitrogens is 1. The Balaban J connectivity index is 1.24. The van der Waals surface area contributed by atoms with E-state index in [0.717, 1.165) is 39.9 Å². The van der Waals surface area contributed by atoms with Crippen molar-refractivity contribution in [2.24, 2.45) is 5.92 Å². The van der Waals surface area contributed by atoms with Crippen molar-refractivity contribution in [3.63, 3.8) is 0 Å². The van der Waals surface area contributed by atoms with Crippen LogP contribution in [0.4, 0.5) is 22.0 Å². The topological polar surface area (TPSA) is 31.5 Å². The van der Waals surface area contributed by atoms with E-state index in [1.165, 1.54) is 12.1 Å². The third-order valence-electron chi connectivity index (χ3n) is 12.0. The first-order valence-corrected chi connectivity index (χ1v) is 21.4. The molecule has 10 heteroatoms. The van der Waals surface area contributed by atoms with Gasteiger partial charge in [0.1, 0.15) is 11.6 Å². The number of alkyl halides is 3. The van der Waals surface area contributed by atoms with Crippen molar-refractivity contribution in [1.29, 1.82) is 0 Å². The van der Waals surface area contributed by atoms with Gasteiger partial charge in [-0.1, -0.05) is 107 Å². The van der Waals surface area contributed by atoms with E-state index < -0.39 is 56.1 Å². The lowest BCUT2D eigenvalue weighted by Gasteiger charge is -2.45. The lowest BCUT2D eigenvalue weighted by atomic mass is 9.81. The highest BCUT2D eigenvalue weighted by molar-refractivity contribution is 6.99. The van der Waals surface area contributed by atoms with E-state index in [0.29, 0.717) is 30.6 Å². The number of benzene rings is 4. The second-order valence-electron chi connectivity index (χ2n) is 16.7. The summed E-state index contributed by atoms with van der Waals surface area (Å²) in [6.07, 6.45) is 0.899. The number of para-hydroxylation sites is 1. The van der Waals surface area contributed by atoms with Gasteiger partial charge >= 0.3 is 0 Å². The zero-order valence-corrected chi connectivity index (χ0v) is 33.4. The Morgan fingerprint density at radius 2 is 1.45 bits per heavy atom. The van der Waals surface area contributed by atoms with Gasteiger partial charge < -0.3 is 14.3 Å². The molecule has 5 aromatic rings. The zero-order valence-electron chi connectivity index (χ0n) is 32.4. The molecule has 7 rings (SSSR count). The normalized spacial score (nSPS) is 19.4. The van der Waals surface area contributed by atoms with E-state index in [-0.39, 0.29) is 24.1 Å². The van der Waals surface area contributed by atoms with Gasteiger partial charge in [-0.15, -0.1) is 0 Å². The number of fused-ring (bicyclic) bond motifs is 3. The predicted molar refractivity (Wildman–Crippen MR) is 214 cm³/mol. The van der Waals surface area contributed by atoms with E-state index in [2.05, 4.69) is 9.88 Å². The van der Waals surface area contributed by atoms with Gasteiger partial charge in [-0.3, -0.25) is 9.29 Å². The Labute approximate surface area is 322 Å². The van der Waals surface area contributed by atoms with Crippen LogP contribution in [0.3, 0.4) is 0 Å². The third kappa shape index (κ3) is 7.55. The summed E-state index contributed by atoms with van der Waals surface area (Å²) in [6.45, 7) is 10.1. The average molecular weight is 774 g/mol. The van der Waals surface area contributed by atoms with Crippen LogP contribution < -0.4 is 10.4 Å². The van der Waals surface area contributed by atoms with E-state index in [9.17, 15) is 4.39 Å². The predicted octanol–water partition coefficient (Wildman–Crippen LogP) is 9.39. The van der Waals surface area contributed by atoms with Crippen LogP contribution in [0.25, 0.3) is 10.9 Å². The summed E-state index contributed by atoms with van der Waals surface area (Å²) < 4.78 is 86.4. The van der Waals surface area contributed by atoms with Gasteiger partial charge in [0.2, 0.25) is 0 Å². The van der Waals surface area contributed by atoms with Gasteiger partial charge in [0.15, 0.2) is 0 Å². The molecule has 0 bridgehead atoms. The van der Waals surface area contributed by atoms with Crippen LogP contribution in [0, 0.1) is 17.6 Å². The summed E-state index contributed by atoms with van der Waals surface area (Å²) in [6, 6.07) is 28.2. The summed E-state index contributed by atoms with van der Waals surface area (Å²) >= 11 is 0. The number of likely N-dealkylation sites (tertiary alicyclic amines) is 1. The SMILES string of the molecule is CC(c1cc(F)c([C@@H]2c3[nH]c4ccccc4c3C[C@@H](C)N2CC(F)(F)CO[Si](c2ccccc2)(c2ccccc2)C(C)(C)C)c(F)c1)C1CN(CCCF)C1. The molecule has 0 radical (unpaired) electrons. The van der Waals surface area contributed by atoms with Gasteiger partial charge in [0, 0.05) is 47.8 Å². The van der Waals surface area contributed by atoms with Crippen molar-refractivity contribution < 1.29 is 26.4 Å². The summed E-state index contributed by atoms with van der Waals surface area (Å²) in [5.41, 5.74) is 2.50. The smallest absolute Gasteiger partial charge is 0.282 e. The maximum atomic E-state index is 16.8. The molecule has 2 aliphatic rings. The van der Waals surface area contributed by atoms with Crippen molar-refractivity contribution in [3.05, 3.63) is 131 Å². The maximum absolute atomic E-state index is 16.8. The molecular weight excluding hydrogens is 722 g/mol. The van der Waals surface area contributed by atoms with Crippen LogP contribution in [0.5, 0.6) is 0 Å². The molecule has 0 saturated carbocycles. The van der Waals surface area contributed by atoms with E-state index in [4.69, 9.17) is 4.43 Å². The lowest BCUT2D eigenvalue weighted by molar-refractivity contribution is -0.0825. The van der Waals surface area contributed by atoms with Crippen molar-refractivity contribution >= 4 is 29.6 Å². The minimum atomic E-state index is -3.39. The molecular formula is C45H52F5N3OSi. The number of rotatable bonds is 13. The molecule has 55 heavy (non-hydrogen) atoms. The molecule has 3 heterocycles. The molecule has 1 fully saturated rings. The highest BCUT2D eigenvalue weighted by Gasteiger charge is 2.53. The highest BCUT2D eigenvalue weighted by atomic mass is 28.4. The fraction of sp³-hybridized carbons (Fsp3) is 0.422. The Kier molecular flexibility index (Phi) is 11.2. The average Bonchev–Trinajstić information content (AvgIpc) is 3.50. The second kappa shape index (κ2) is 15.6. The number of aromatic amines is 1. The minimum Gasteiger partial charge on any atom is -0.401 e. The van der Waals surface area contributed by atoms with Gasteiger partial charge in [-0.25, -0.2) is 17.6 Å². The van der Waals surface area contributed by atoms with Gasteiger partial charge in [-0.2, -0.15) is 0 Å². The van der Waals surface area contributed by atoms with Gasteiger partial charge in [0.25, 0.3) is 14.2 Å². The van der Waals surface area contributed by atoms with Crippen LogP contribution in [-0.2, 0) is 10.8 Å². The highest BCUT2D eigenvalue weighted by Crippen LogP contribution is 2.45. The molecule has 3 atom stereocenters. The molecule has 292 valence electrons. The fourth-order valence-corrected chi connectivity index (χ4v) is 13.7. The van der Waals surface area contributed by atoms with E-state index >= 15 is 17.6 Å². The number of hydrogen-bond donors (Lipinski definition) is 1. The summed E-state index contributed by atoms with van der Waals surface area (Å²) in [5, 5.41) is 2.20. The maximum Gasteiger partial charge on any atom is 0.282 e. The third-order valence-corrected chi connectivity index (χ3v) is 17.0. The summed E-state index contributed by atoms with van der Waals surface area (Å²) in [7, 11) is -3.30. The van der Waals surface area contributed by atoms with Gasteiger partial charge in [-0.05, 0) is 76.3 Å². The van der Waals surface area contributed by atoms with Crippen LogP contribution in [0.2, 0.25) is 5.04 Å². The molecule has 0 aliphatic carbocycles. The molecule has 4 aromatic carbocycles. The van der Waals surface area contributed by atoms with Gasteiger partial charge in [0.05, 0.1) is 25.9 Å². The van der Waals surface area contributed by atoms with Crippen LogP contribution in [0.1, 0.15) is 75.4 Å². The number of hydrogen-bond acceptors (Lipinski definition) is 3. The molecule has 4 nitrogen and oxygen atoms in total. The first kappa shape index (κ1) is 39.4. The van der Waals surface area contributed by atoms with Crippen LogP contribution in [0.15, 0.2) is 97.1 Å². The Hall–Kier alpha value is -3.83. The summed E-state index contributed by atoms with van der Waals surface area (Å²) in [5.74, 6) is -4.84. The van der Waals surface area contributed by atoms with Crippen LogP contribution >= 0.6 is 0 Å². The first-order chi connectivity index (χ1) is 26.2. The number of halogens is 5. The van der Waals surface area contributed by atoms with Crippen molar-refractivity contribution in [1.82, 2.24) is 14.8 Å². The van der Waals surface area contributed by atoms with Crippen molar-refractivity contribution in [2.75, 3.05) is 39.5 Å². The van der Waals surface area contributed by atoms with Crippen LogP contribution in [-0.4, -0.2) is 74.5 Å². The molecule has 1 unspecified atom stereocenters. The Morgan fingerprint density at radius 3 is 2.04 bits per heavy atom. The van der Waals surface area contributed by atoms with E-state index in [1.54, 1.807) is 4.90 Å². The molecule has 1 aromatic heterocycles. The fourth-order valence-electron chi connectivity index (χ4n) is 9.14. The molecule has 1 saturated heterocycles. The quantitative estimate of drug-likeness (QED) is 0.0957. The molecule has 0 spiro atoms. The minimum absolute atomic E-state index is 0.132. The number of H-pyrrole nitrogens is 1. The monoisotopic (exact) mass is 773 g/mol. The van der Waals surface area contributed by atoms with Crippen molar-refractivity contribution in [3.8, 4) is 0 Å². The van der Waals surface area contributed by atoms with E-state index in [1.807, 2.05) is 120 Å². The molecule has 1 N–H and O–H groups in total.